The molecular formula is C22H24N2O5S. The van der Waals surface area contributed by atoms with E-state index in [0.29, 0.717) is 22.7 Å². The third kappa shape index (κ3) is 4.04. The zero-order valence-corrected chi connectivity index (χ0v) is 18.3. The smallest absolute Gasteiger partial charge is 0.257 e. The van der Waals surface area contributed by atoms with Crippen LogP contribution in [0.15, 0.2) is 53.6 Å². The van der Waals surface area contributed by atoms with Crippen molar-refractivity contribution in [3.8, 4) is 22.8 Å². The van der Waals surface area contributed by atoms with Crippen LogP contribution in [0.5, 0.6) is 11.5 Å². The average Bonchev–Trinajstić information content (AvgIpc) is 3.01. The number of ether oxygens (including phenoxy) is 2. The summed E-state index contributed by atoms with van der Waals surface area (Å²) < 4.78 is 36.1. The molecule has 0 aliphatic carbocycles. The molecule has 0 bridgehead atoms. The molecule has 1 amide bonds. The molecule has 30 heavy (non-hydrogen) atoms. The van der Waals surface area contributed by atoms with Crippen molar-refractivity contribution in [1.82, 2.24) is 4.57 Å². The van der Waals surface area contributed by atoms with E-state index in [1.165, 1.54) is 12.1 Å². The van der Waals surface area contributed by atoms with Crippen molar-refractivity contribution in [2.75, 3.05) is 25.8 Å². The van der Waals surface area contributed by atoms with Crippen molar-refractivity contribution in [3.63, 3.8) is 0 Å². The summed E-state index contributed by atoms with van der Waals surface area (Å²) in [6, 6.07) is 11.6. The zero-order valence-electron chi connectivity index (χ0n) is 17.5. The van der Waals surface area contributed by atoms with E-state index in [1.54, 1.807) is 32.5 Å². The molecule has 0 saturated carbocycles. The summed E-state index contributed by atoms with van der Waals surface area (Å²) in [5.74, 6) is 0.985. The Morgan fingerprint density at radius 1 is 1.00 bits per heavy atom. The average molecular weight is 429 g/mol. The number of amides is 1. The number of nitrogens with one attached hydrogen (secondary N) is 1. The summed E-state index contributed by atoms with van der Waals surface area (Å²) in [6.45, 7) is 1.86. The number of hydrogen-bond acceptors (Lipinski definition) is 5. The van der Waals surface area contributed by atoms with Crippen LogP contribution in [0.25, 0.3) is 11.3 Å². The largest absolute Gasteiger partial charge is 0.496 e. The maximum absolute atomic E-state index is 12.9. The number of carbonyl (C=O) groups is 1. The van der Waals surface area contributed by atoms with E-state index in [4.69, 9.17) is 9.47 Å². The molecule has 0 atom stereocenters. The van der Waals surface area contributed by atoms with Crippen LogP contribution in [-0.4, -0.2) is 39.4 Å². The number of carbonyl (C=O) groups excluding carboxylic acids is 1. The molecule has 3 aromatic rings. The topological polar surface area (TPSA) is 86.6 Å². The standard InChI is InChI=1S/C22H24N2O5S/c1-14-17(22(25)23-15-9-11-16(12-10-15)30(5,26)27)13-24(2)21(14)20-18(28-3)7-6-8-19(20)29-4/h6-13H,1-5H3,(H,23,25). The van der Waals surface area contributed by atoms with Crippen molar-refractivity contribution in [1.29, 1.82) is 0 Å². The number of aromatic nitrogens is 1. The van der Waals surface area contributed by atoms with E-state index in [0.717, 1.165) is 23.1 Å². The summed E-state index contributed by atoms with van der Waals surface area (Å²) in [5, 5.41) is 2.82. The molecular weight excluding hydrogens is 404 g/mol. The van der Waals surface area contributed by atoms with E-state index >= 15 is 0 Å². The van der Waals surface area contributed by atoms with Crippen molar-refractivity contribution in [3.05, 3.63) is 59.8 Å². The van der Waals surface area contributed by atoms with Gasteiger partial charge >= 0.3 is 0 Å². The molecule has 0 saturated heterocycles. The maximum atomic E-state index is 12.9. The summed E-state index contributed by atoms with van der Waals surface area (Å²) in [4.78, 5) is 13.1. The van der Waals surface area contributed by atoms with Crippen LogP contribution in [0, 0.1) is 6.92 Å². The molecule has 0 fully saturated rings. The Hall–Kier alpha value is -3.26. The van der Waals surface area contributed by atoms with Crippen LogP contribution in [-0.2, 0) is 16.9 Å². The summed E-state index contributed by atoms with van der Waals surface area (Å²) in [5.41, 5.74) is 3.34. The molecule has 2 aromatic carbocycles. The Labute approximate surface area is 176 Å². The predicted octanol–water partition coefficient (Wildman–Crippen LogP) is 3.67. The molecule has 1 N–H and O–H groups in total. The lowest BCUT2D eigenvalue weighted by molar-refractivity contribution is 0.102. The zero-order chi connectivity index (χ0) is 22.1. The fourth-order valence-electron chi connectivity index (χ4n) is 3.41. The highest BCUT2D eigenvalue weighted by Gasteiger charge is 2.23. The van der Waals surface area contributed by atoms with Gasteiger partial charge in [-0.05, 0) is 48.9 Å². The monoisotopic (exact) mass is 428 g/mol. The molecule has 0 unspecified atom stereocenters. The van der Waals surface area contributed by atoms with Crippen molar-refractivity contribution < 1.29 is 22.7 Å². The highest BCUT2D eigenvalue weighted by molar-refractivity contribution is 7.90. The highest BCUT2D eigenvalue weighted by Crippen LogP contribution is 2.41. The number of sulfone groups is 1. The van der Waals surface area contributed by atoms with Gasteiger partial charge in [0.1, 0.15) is 11.5 Å². The number of anilines is 1. The van der Waals surface area contributed by atoms with Gasteiger partial charge in [0.2, 0.25) is 0 Å². The summed E-state index contributed by atoms with van der Waals surface area (Å²) in [6.07, 6.45) is 2.89. The second kappa shape index (κ2) is 8.23. The third-order valence-electron chi connectivity index (χ3n) is 4.88. The molecule has 1 heterocycles. The van der Waals surface area contributed by atoms with E-state index in [2.05, 4.69) is 5.32 Å². The predicted molar refractivity (Wildman–Crippen MR) is 116 cm³/mol. The van der Waals surface area contributed by atoms with Crippen LogP contribution in [0.3, 0.4) is 0 Å². The van der Waals surface area contributed by atoms with E-state index in [1.807, 2.05) is 36.7 Å². The van der Waals surface area contributed by atoms with Gasteiger partial charge in [-0.3, -0.25) is 4.79 Å². The first-order valence-corrected chi connectivity index (χ1v) is 11.0. The normalized spacial score (nSPS) is 11.2. The van der Waals surface area contributed by atoms with Gasteiger partial charge in [0.15, 0.2) is 9.84 Å². The number of rotatable bonds is 6. The Balaban J connectivity index is 1.98. The Bertz CT molecular complexity index is 1170. The summed E-state index contributed by atoms with van der Waals surface area (Å²) >= 11 is 0. The van der Waals surface area contributed by atoms with Gasteiger partial charge in [-0.25, -0.2) is 8.42 Å². The van der Waals surface area contributed by atoms with Gasteiger partial charge in [0, 0.05) is 25.2 Å². The number of aryl methyl sites for hydroxylation is 1. The Morgan fingerprint density at radius 3 is 2.07 bits per heavy atom. The number of benzene rings is 2. The fourth-order valence-corrected chi connectivity index (χ4v) is 4.04. The van der Waals surface area contributed by atoms with Gasteiger partial charge < -0.3 is 19.4 Å². The summed E-state index contributed by atoms with van der Waals surface area (Å²) in [7, 11) is 1.74. The van der Waals surface area contributed by atoms with E-state index < -0.39 is 9.84 Å². The molecule has 8 heteroatoms. The molecule has 3 rings (SSSR count). The minimum absolute atomic E-state index is 0.196. The lowest BCUT2D eigenvalue weighted by Gasteiger charge is -2.15. The van der Waals surface area contributed by atoms with Crippen molar-refractivity contribution >= 4 is 21.4 Å². The Morgan fingerprint density at radius 2 is 1.57 bits per heavy atom. The van der Waals surface area contributed by atoms with Crippen LogP contribution in [0.1, 0.15) is 15.9 Å². The molecule has 0 aliphatic heterocycles. The Kier molecular flexibility index (Phi) is 5.89. The molecule has 0 radical (unpaired) electrons. The lowest BCUT2D eigenvalue weighted by Crippen LogP contribution is -2.12. The minimum Gasteiger partial charge on any atom is -0.496 e. The number of nitrogens with zero attached hydrogens (tertiary/aromatic N) is 1. The molecule has 0 aliphatic rings. The van der Waals surface area contributed by atoms with Crippen molar-refractivity contribution in [2.24, 2.45) is 7.05 Å². The van der Waals surface area contributed by atoms with Gasteiger partial charge in [-0.1, -0.05) is 6.07 Å². The van der Waals surface area contributed by atoms with Crippen LogP contribution in [0.2, 0.25) is 0 Å². The number of methoxy groups -OCH3 is 2. The molecule has 1 aromatic heterocycles. The van der Waals surface area contributed by atoms with Gasteiger partial charge in [-0.2, -0.15) is 0 Å². The highest BCUT2D eigenvalue weighted by atomic mass is 32.2. The van der Waals surface area contributed by atoms with Crippen molar-refractivity contribution in [2.45, 2.75) is 11.8 Å². The van der Waals surface area contributed by atoms with Gasteiger partial charge in [0.25, 0.3) is 5.91 Å². The first-order valence-electron chi connectivity index (χ1n) is 9.16. The fraction of sp³-hybridized carbons (Fsp3) is 0.227. The third-order valence-corrected chi connectivity index (χ3v) is 6.01. The second-order valence-corrected chi connectivity index (χ2v) is 8.93. The first kappa shape index (κ1) is 21.4. The maximum Gasteiger partial charge on any atom is 0.257 e. The van der Waals surface area contributed by atoms with Gasteiger partial charge in [-0.15, -0.1) is 0 Å². The number of hydrogen-bond donors (Lipinski definition) is 1. The minimum atomic E-state index is -3.29. The molecule has 158 valence electrons. The SMILES string of the molecule is COc1cccc(OC)c1-c1c(C)c(C(=O)Nc2ccc(S(C)(=O)=O)cc2)cn1C. The van der Waals surface area contributed by atoms with Crippen LogP contribution in [0.4, 0.5) is 5.69 Å². The quantitative estimate of drug-likeness (QED) is 0.647. The van der Waals surface area contributed by atoms with E-state index in [-0.39, 0.29) is 10.8 Å². The second-order valence-electron chi connectivity index (χ2n) is 6.92. The first-order chi connectivity index (χ1) is 14.2. The van der Waals surface area contributed by atoms with E-state index in [9.17, 15) is 13.2 Å². The molecule has 0 spiro atoms. The van der Waals surface area contributed by atoms with Crippen LogP contribution < -0.4 is 14.8 Å². The molecule has 7 nitrogen and oxygen atoms in total. The van der Waals surface area contributed by atoms with Gasteiger partial charge in [0.05, 0.1) is 35.9 Å². The lowest BCUT2D eigenvalue weighted by atomic mass is 10.0. The van der Waals surface area contributed by atoms with Crippen LogP contribution >= 0.6 is 0 Å².